The monoisotopic (exact) mass is 576 g/mol. The highest BCUT2D eigenvalue weighted by atomic mass is 15.1. The molecule has 0 aliphatic carbocycles. The Morgan fingerprint density at radius 1 is 0.341 bits per heavy atom. The minimum atomic E-state index is 0.937. The van der Waals surface area contributed by atoms with Gasteiger partial charge >= 0.3 is 0 Å². The summed E-state index contributed by atoms with van der Waals surface area (Å²) in [6.07, 6.45) is 6.99. The number of aryl methyl sites for hydroxylation is 4. The molecule has 44 heavy (non-hydrogen) atoms. The number of hydrogen-bond acceptors (Lipinski definition) is 2. The Bertz CT molecular complexity index is 1480. The summed E-state index contributed by atoms with van der Waals surface area (Å²) >= 11 is 0. The zero-order valence-corrected chi connectivity index (χ0v) is 25.9. The minimum Gasteiger partial charge on any atom is -0.291 e. The summed E-state index contributed by atoms with van der Waals surface area (Å²) < 4.78 is 0. The highest BCUT2D eigenvalue weighted by molar-refractivity contribution is 5.30. The smallest absolute Gasteiger partial charge is 0.0240 e. The van der Waals surface area contributed by atoms with E-state index < -0.39 is 0 Å². The molecular weight excluding hydrogens is 532 g/mol. The van der Waals surface area contributed by atoms with Crippen molar-refractivity contribution in [2.24, 2.45) is 0 Å². The molecule has 7 rings (SSSR count). The summed E-state index contributed by atoms with van der Waals surface area (Å²) in [7, 11) is 0. The number of hydrogen-bond donors (Lipinski definition) is 0. The zero-order chi connectivity index (χ0) is 29.6. The van der Waals surface area contributed by atoms with Gasteiger partial charge in [-0.1, -0.05) is 121 Å². The van der Waals surface area contributed by atoms with Gasteiger partial charge in [-0.05, 0) is 94.2 Å². The third-order valence-corrected chi connectivity index (χ3v) is 9.26. The largest absolute Gasteiger partial charge is 0.291 e. The highest BCUT2D eigenvalue weighted by Gasteiger charge is 2.14. The van der Waals surface area contributed by atoms with Crippen LogP contribution in [0.15, 0.2) is 121 Å². The van der Waals surface area contributed by atoms with Gasteiger partial charge < -0.3 is 0 Å². The van der Waals surface area contributed by atoms with Crippen molar-refractivity contribution in [1.29, 1.82) is 0 Å². The Balaban J connectivity index is 1.13. The first-order valence-electron chi connectivity index (χ1n) is 16.5. The van der Waals surface area contributed by atoms with Crippen molar-refractivity contribution < 1.29 is 0 Å². The van der Waals surface area contributed by atoms with Crippen molar-refractivity contribution in [3.63, 3.8) is 0 Å². The summed E-state index contributed by atoms with van der Waals surface area (Å²) in [6.45, 7) is 5.71. The van der Waals surface area contributed by atoms with Crippen molar-refractivity contribution >= 4 is 0 Å². The van der Waals surface area contributed by atoms with Gasteiger partial charge in [0.1, 0.15) is 0 Å². The number of fused-ring (bicyclic) bond motifs is 8. The van der Waals surface area contributed by atoms with Crippen LogP contribution in [-0.2, 0) is 65.0 Å². The summed E-state index contributed by atoms with van der Waals surface area (Å²) in [5.74, 6) is 0. The molecule has 0 N–H and O–H groups in total. The molecule has 0 radical (unpaired) electrons. The lowest BCUT2D eigenvalue weighted by Crippen LogP contribution is -2.24. The topological polar surface area (TPSA) is 6.48 Å². The third kappa shape index (κ3) is 7.75. The molecule has 0 atom stereocenters. The average molecular weight is 577 g/mol. The van der Waals surface area contributed by atoms with Gasteiger partial charge in [0, 0.05) is 39.3 Å². The quantitative estimate of drug-likeness (QED) is 0.211. The molecule has 222 valence electrons. The van der Waals surface area contributed by atoms with E-state index in [0.717, 1.165) is 65.0 Å². The molecule has 2 heteroatoms. The first-order chi connectivity index (χ1) is 21.7. The number of nitrogens with zero attached hydrogens (tertiary/aromatic N) is 2. The summed E-state index contributed by atoms with van der Waals surface area (Å²) in [5.41, 5.74) is 14.3. The van der Waals surface area contributed by atoms with Crippen LogP contribution in [0.3, 0.4) is 0 Å². The van der Waals surface area contributed by atoms with Crippen molar-refractivity contribution in [1.82, 2.24) is 9.80 Å². The molecular formula is C42H44N2. The zero-order valence-electron chi connectivity index (χ0n) is 25.9. The standard InChI is InChI=1S/C42H44N2/c1-8-33-12-3-16-37(22-33)27-43(28-38-17-4-13-34(9-1)23-38)31-41-20-7-21-42(26-41)32-44-29-39-18-5-14-35(24-39)10-2-11-36-15-6-19-40(25-36)30-44/h3-7,12-26H,1-2,8-11,27-32H2. The van der Waals surface area contributed by atoms with E-state index in [4.69, 9.17) is 0 Å². The normalized spacial score (nSPS) is 16.2. The van der Waals surface area contributed by atoms with Crippen LogP contribution in [0, 0.1) is 0 Å². The van der Waals surface area contributed by atoms with Crippen molar-refractivity contribution in [3.8, 4) is 0 Å². The van der Waals surface area contributed by atoms with Crippen LogP contribution in [-0.4, -0.2) is 9.80 Å². The van der Waals surface area contributed by atoms with Crippen molar-refractivity contribution in [2.45, 2.75) is 77.8 Å². The van der Waals surface area contributed by atoms with Crippen LogP contribution in [0.4, 0.5) is 0 Å². The molecule has 8 bridgehead atoms. The molecule has 0 saturated heterocycles. The lowest BCUT2D eigenvalue weighted by molar-refractivity contribution is 0.243. The predicted molar refractivity (Wildman–Crippen MR) is 182 cm³/mol. The van der Waals surface area contributed by atoms with Gasteiger partial charge in [0.25, 0.3) is 0 Å². The van der Waals surface area contributed by atoms with E-state index in [9.17, 15) is 0 Å². The first-order valence-corrected chi connectivity index (χ1v) is 16.5. The molecule has 0 saturated carbocycles. The highest BCUT2D eigenvalue weighted by Crippen LogP contribution is 2.22. The van der Waals surface area contributed by atoms with E-state index in [-0.39, 0.29) is 0 Å². The van der Waals surface area contributed by atoms with Gasteiger partial charge in [-0.15, -0.1) is 0 Å². The maximum atomic E-state index is 2.62. The van der Waals surface area contributed by atoms with Crippen LogP contribution in [0.1, 0.15) is 68.5 Å². The summed E-state index contributed by atoms with van der Waals surface area (Å²) in [4.78, 5) is 5.23. The predicted octanol–water partition coefficient (Wildman–Crippen LogP) is 9.07. The lowest BCUT2D eigenvalue weighted by Gasteiger charge is -2.26. The van der Waals surface area contributed by atoms with E-state index in [2.05, 4.69) is 131 Å². The minimum absolute atomic E-state index is 0.937. The second-order valence-corrected chi connectivity index (χ2v) is 13.1. The van der Waals surface area contributed by atoms with Gasteiger partial charge in [-0.3, -0.25) is 9.80 Å². The van der Waals surface area contributed by atoms with Crippen molar-refractivity contribution in [2.75, 3.05) is 0 Å². The Kier molecular flexibility index (Phi) is 9.00. The maximum absolute atomic E-state index is 2.62. The number of rotatable bonds is 4. The van der Waals surface area contributed by atoms with Crippen LogP contribution in [0.5, 0.6) is 0 Å². The fourth-order valence-electron chi connectivity index (χ4n) is 7.24. The van der Waals surface area contributed by atoms with Gasteiger partial charge in [0.05, 0.1) is 0 Å². The molecule has 2 nitrogen and oxygen atoms in total. The van der Waals surface area contributed by atoms with Gasteiger partial charge in [0.15, 0.2) is 0 Å². The Morgan fingerprint density at radius 2 is 0.636 bits per heavy atom. The Labute approximate surface area is 264 Å². The summed E-state index contributed by atoms with van der Waals surface area (Å²) in [5, 5.41) is 0. The fraction of sp³-hybridized carbons (Fsp3) is 0.286. The van der Waals surface area contributed by atoms with Crippen molar-refractivity contribution in [3.05, 3.63) is 177 Å². The fourth-order valence-corrected chi connectivity index (χ4v) is 7.24. The Hall–Kier alpha value is -3.98. The molecule has 2 aliphatic rings. The van der Waals surface area contributed by atoms with Gasteiger partial charge in [-0.2, -0.15) is 0 Å². The summed E-state index contributed by atoms with van der Waals surface area (Å²) in [6, 6.07) is 46.4. The van der Waals surface area contributed by atoms with Crippen LogP contribution >= 0.6 is 0 Å². The van der Waals surface area contributed by atoms with Crippen LogP contribution in [0.2, 0.25) is 0 Å². The SMILES string of the molecule is c1cc2cc(c1)CN(Cc1cccc(CN3Cc4cccc(c4)CCCc4cccc(c4)C3)c1)Cc1cccc(c1)CCC2. The second kappa shape index (κ2) is 13.8. The van der Waals surface area contributed by atoms with E-state index >= 15 is 0 Å². The van der Waals surface area contributed by atoms with E-state index in [1.165, 1.54) is 68.5 Å². The van der Waals surface area contributed by atoms with E-state index in [0.29, 0.717) is 0 Å². The van der Waals surface area contributed by atoms with Crippen LogP contribution in [0.25, 0.3) is 0 Å². The lowest BCUT2D eigenvalue weighted by atomic mass is 9.99. The molecule has 5 aromatic carbocycles. The molecule has 2 aliphatic heterocycles. The van der Waals surface area contributed by atoms with E-state index in [1.807, 2.05) is 0 Å². The van der Waals surface area contributed by atoms with Gasteiger partial charge in [-0.25, -0.2) is 0 Å². The molecule has 0 amide bonds. The molecule has 0 fully saturated rings. The Morgan fingerprint density at radius 3 is 0.977 bits per heavy atom. The second-order valence-electron chi connectivity index (χ2n) is 13.1. The molecule has 0 unspecified atom stereocenters. The number of benzene rings is 5. The molecule has 0 spiro atoms. The third-order valence-electron chi connectivity index (χ3n) is 9.26. The van der Waals surface area contributed by atoms with Crippen LogP contribution < -0.4 is 0 Å². The van der Waals surface area contributed by atoms with E-state index in [1.54, 1.807) is 0 Å². The molecule has 0 aromatic heterocycles. The average Bonchev–Trinajstić information content (AvgIpc) is 3.01. The van der Waals surface area contributed by atoms with Gasteiger partial charge in [0.2, 0.25) is 0 Å². The first kappa shape index (κ1) is 28.8. The maximum Gasteiger partial charge on any atom is 0.0240 e. The molecule has 5 aromatic rings. The molecule has 2 heterocycles.